The predicted octanol–water partition coefficient (Wildman–Crippen LogP) is -17.2. The van der Waals surface area contributed by atoms with Crippen molar-refractivity contribution in [1.29, 1.82) is 0 Å². The summed E-state index contributed by atoms with van der Waals surface area (Å²) in [7, 11) is 0. The summed E-state index contributed by atoms with van der Waals surface area (Å²) in [5, 5.41) is 19.2. The molecular weight excluding hydrogens is 1650 g/mol. The van der Waals surface area contributed by atoms with E-state index in [1.165, 1.54) is 19.3 Å². The van der Waals surface area contributed by atoms with E-state index in [-0.39, 0.29) is 199 Å². The van der Waals surface area contributed by atoms with E-state index in [1.54, 1.807) is 0 Å². The van der Waals surface area contributed by atoms with E-state index in [9.17, 15) is 36.5 Å². The summed E-state index contributed by atoms with van der Waals surface area (Å²) in [6.45, 7) is 17.6. The molecule has 0 saturated carbocycles. The molecule has 0 radical (unpaired) electrons. The topological polar surface area (TPSA) is 445 Å². The molecule has 31 nitrogen and oxygen atoms in total. The van der Waals surface area contributed by atoms with Crippen LogP contribution in [-0.2, 0) is 154 Å². The van der Waals surface area contributed by atoms with Gasteiger partial charge in [-0.1, -0.05) is 60.7 Å². The molecular formula is C56H123Li2N3Na4O28S12. The predicted molar refractivity (Wildman–Crippen MR) is 407 cm³/mol. The van der Waals surface area contributed by atoms with E-state index in [2.05, 4.69) is 84.4 Å². The standard InChI is InChI=1S/C15H35N3O6.C10H22O4S2.C7H16O6S2.C6H14O6S2.3C6H14O2S2.2Li.4Na/c16-1-4-19-7-9-22-13-15(24-12-11-21-6-3-18)14-23-10-8-20-5-2-17;11-14-15-9-7-5-3-1-2-4-6-8-10-16(12)13;8-13-14-6-4-11-2-1-3-12-5-7-15(9)10;7-13(8)5-3-11-1-2-12-4-6-14(9)10;3*9-5-3-7-1-2-8-4-6-10;;;;;;/h15H,1-14,16-18H2;11H,1-10H2,(H,12,13);8H,1-7H2,(H,9,10);1-6H2,(H,7,8)(H,9,10);3*9-10H,1-6H2;;;;;;/q;;;;;;;6*+1/p-6. The first kappa shape index (κ1) is 141. The third-order valence-corrected chi connectivity index (χ3v) is 14.3. The second-order valence-corrected chi connectivity index (χ2v) is 26.6. The maximum Gasteiger partial charge on any atom is 1.00 e. The number of thiol groups is 4. The Morgan fingerprint density at radius 2 is 0.610 bits per heavy atom. The van der Waals surface area contributed by atoms with Crippen molar-refractivity contribution >= 4 is 144 Å². The van der Waals surface area contributed by atoms with Crippen LogP contribution < -0.4 is 184 Å². The van der Waals surface area contributed by atoms with Crippen LogP contribution >= 0.6 is 74.6 Å². The van der Waals surface area contributed by atoms with Crippen LogP contribution in [0, 0.1) is 0 Å². The van der Waals surface area contributed by atoms with Crippen molar-refractivity contribution in [3.63, 3.8) is 0 Å². The minimum Gasteiger partial charge on any atom is -0.790 e. The Balaban J connectivity index is -0.0000000866. The molecule has 0 aliphatic heterocycles. The molecule has 0 fully saturated rings. The van der Waals surface area contributed by atoms with Crippen LogP contribution in [0.15, 0.2) is 0 Å². The SMILES string of the molecule is NCCOCCOCC(COCCOCCN)OCCOCCN.O=S(O)CCOCCOCCS(=O)O.O=S([O-])CCCCCCCCCCSO[O-].O=S([O-])CCOCCCOCCSO[O-].SCCOCCOCCS.SCCOCCOCCS.[Li+].[Li+].[Na+].[Na+].[Na+].[Na+].[S-]CCOCCOCC[S-]. The summed E-state index contributed by atoms with van der Waals surface area (Å²) in [5.41, 5.74) is 16.0. The van der Waals surface area contributed by atoms with Crippen molar-refractivity contribution in [3.05, 3.63) is 0 Å². The third-order valence-electron chi connectivity index (χ3n) is 10.1. The van der Waals surface area contributed by atoms with Crippen LogP contribution in [0.4, 0.5) is 0 Å². The molecule has 49 heteroatoms. The van der Waals surface area contributed by atoms with Gasteiger partial charge in [0.1, 0.15) is 6.10 Å². The fraction of sp³-hybridized carbons (Fsp3) is 1.00. The molecule has 0 aromatic rings. The molecule has 0 amide bonds. The quantitative estimate of drug-likeness (QED) is 0.00399. The van der Waals surface area contributed by atoms with Gasteiger partial charge in [0, 0.05) is 92.1 Å². The molecule has 0 heterocycles. The maximum absolute atomic E-state index is 10.2. The van der Waals surface area contributed by atoms with Gasteiger partial charge in [-0.25, -0.2) is 8.42 Å². The van der Waals surface area contributed by atoms with Crippen molar-refractivity contribution in [2.75, 3.05) is 293 Å². The van der Waals surface area contributed by atoms with E-state index in [0.29, 0.717) is 234 Å². The second-order valence-electron chi connectivity index (χ2n) is 18.3. The van der Waals surface area contributed by atoms with Gasteiger partial charge < -0.3 is 156 Å². The molecule has 0 aliphatic rings. The summed E-state index contributed by atoms with van der Waals surface area (Å²) in [5.74, 6) is 6.16. The summed E-state index contributed by atoms with van der Waals surface area (Å²) >= 11 is 19.5. The molecule has 0 rings (SSSR count). The van der Waals surface area contributed by atoms with E-state index in [0.717, 1.165) is 85.0 Å². The number of hydrogen-bond donors (Lipinski definition) is 9. The molecule has 4 atom stereocenters. The Kier molecular flexibility index (Phi) is 193. The average molecular weight is 1780 g/mol. The molecule has 4 unspecified atom stereocenters. The second kappa shape index (κ2) is 143. The van der Waals surface area contributed by atoms with Gasteiger partial charge in [-0.15, -0.1) is 0 Å². The van der Waals surface area contributed by atoms with E-state index >= 15 is 0 Å². The van der Waals surface area contributed by atoms with E-state index < -0.39 is 44.3 Å². The van der Waals surface area contributed by atoms with Crippen molar-refractivity contribution in [3.8, 4) is 0 Å². The molecule has 0 aromatic carbocycles. The van der Waals surface area contributed by atoms with Crippen molar-refractivity contribution < 1.29 is 286 Å². The monoisotopic (exact) mass is 1780 g/mol. The molecule has 0 saturated heterocycles. The van der Waals surface area contributed by atoms with Crippen LogP contribution in [0.1, 0.15) is 57.8 Å². The Morgan fingerprint density at radius 1 is 0.333 bits per heavy atom. The van der Waals surface area contributed by atoms with Gasteiger partial charge in [0.05, 0.1) is 190 Å². The minimum atomic E-state index is -2.03. The molecule has 0 aliphatic carbocycles. The summed E-state index contributed by atoms with van der Waals surface area (Å²) in [6.07, 6.45) is 9.18. The van der Waals surface area contributed by atoms with Gasteiger partial charge in [0.2, 0.25) is 0 Å². The zero-order valence-corrected chi connectivity index (χ0v) is 81.9. The number of nitrogens with two attached hydrogens (primary N) is 3. The maximum atomic E-state index is 10.2. The molecule has 0 aromatic heterocycles. The van der Waals surface area contributed by atoms with Gasteiger partial charge in [-0.2, -0.15) is 62.0 Å². The Labute approximate surface area is 794 Å². The van der Waals surface area contributed by atoms with Crippen molar-refractivity contribution in [2.24, 2.45) is 17.2 Å². The van der Waals surface area contributed by atoms with Gasteiger partial charge in [-0.3, -0.25) is 8.42 Å². The molecule has 105 heavy (non-hydrogen) atoms. The zero-order chi connectivity index (χ0) is 74.9. The normalized spacial score (nSPS) is 11.4. The Bertz CT molecular complexity index is 1430. The van der Waals surface area contributed by atoms with Crippen LogP contribution in [0.5, 0.6) is 0 Å². The molecule has 0 spiro atoms. The molecule has 0 bridgehead atoms. The Morgan fingerprint density at radius 3 is 0.933 bits per heavy atom. The number of ether oxygens (including phenoxy) is 16. The van der Waals surface area contributed by atoms with Crippen LogP contribution in [0.25, 0.3) is 0 Å². The number of rotatable bonds is 73. The van der Waals surface area contributed by atoms with Crippen molar-refractivity contribution in [1.82, 2.24) is 0 Å². The van der Waals surface area contributed by atoms with Gasteiger partial charge in [0.15, 0.2) is 22.2 Å². The van der Waals surface area contributed by atoms with Crippen molar-refractivity contribution in [2.45, 2.75) is 63.9 Å². The first-order valence-electron chi connectivity index (χ1n) is 32.3. The zero-order valence-electron chi connectivity index (χ0n) is 63.8. The van der Waals surface area contributed by atoms with Crippen LogP contribution in [0.3, 0.4) is 0 Å². The Hall–Kier alpha value is 7.51. The first-order valence-corrected chi connectivity index (χ1v) is 42.9. The van der Waals surface area contributed by atoms with Crippen LogP contribution in [-0.4, -0.2) is 335 Å². The van der Waals surface area contributed by atoms with Crippen LogP contribution in [0.2, 0.25) is 0 Å². The van der Waals surface area contributed by atoms with Gasteiger partial charge >= 0.3 is 156 Å². The smallest absolute Gasteiger partial charge is 0.790 e. The van der Waals surface area contributed by atoms with E-state index in [1.807, 2.05) is 0 Å². The fourth-order valence-corrected chi connectivity index (χ4v) is 8.37. The average Bonchev–Trinajstić information content (AvgIpc) is 1.36. The number of hydrogen-bond acceptors (Lipinski definition) is 37. The fourth-order valence-electron chi connectivity index (χ4n) is 5.76. The van der Waals surface area contributed by atoms with Gasteiger partial charge in [0.25, 0.3) is 0 Å². The number of unbranched alkanes of at least 4 members (excludes halogenated alkanes) is 7. The van der Waals surface area contributed by atoms with E-state index in [4.69, 9.17) is 102 Å². The summed E-state index contributed by atoms with van der Waals surface area (Å²) in [6, 6.07) is 0. The van der Waals surface area contributed by atoms with Gasteiger partial charge in [-0.05, 0) is 43.3 Å². The molecule has 608 valence electrons. The third kappa shape index (κ3) is 175. The summed E-state index contributed by atoms with van der Waals surface area (Å²) in [4.78, 5) is 0. The first-order chi connectivity index (χ1) is 48.3. The largest absolute Gasteiger partial charge is 1.00 e. The molecule has 8 N–H and O–H groups in total. The summed E-state index contributed by atoms with van der Waals surface area (Å²) < 4.78 is 168. The minimum absolute atomic E-state index is 0.